The minimum Gasteiger partial charge on any atom is -0.763 e. The van der Waals surface area contributed by atoms with E-state index in [1.807, 2.05) is 20.8 Å². The van der Waals surface area contributed by atoms with Gasteiger partial charge in [-0.15, -0.1) is 5.23 Å². The Morgan fingerprint density at radius 1 is 1.29 bits per heavy atom. The molecule has 0 radical (unpaired) electrons. The van der Waals surface area contributed by atoms with E-state index in [2.05, 4.69) is 11.0 Å². The highest BCUT2D eigenvalue weighted by Crippen LogP contribution is 2.44. The number of nitrogens with one attached hydrogen (secondary N) is 1. The lowest BCUT2D eigenvalue weighted by Gasteiger charge is -2.33. The van der Waals surface area contributed by atoms with Gasteiger partial charge in [-0.3, -0.25) is 21.7 Å². The summed E-state index contributed by atoms with van der Waals surface area (Å²) in [6, 6.07) is 6.30. The molecule has 8 nitrogen and oxygen atoms in total. The van der Waals surface area contributed by atoms with Gasteiger partial charge in [0.2, 0.25) is 11.8 Å². The predicted octanol–water partition coefficient (Wildman–Crippen LogP) is 2.58. The van der Waals surface area contributed by atoms with Crippen LogP contribution in [-0.4, -0.2) is 32.0 Å². The van der Waals surface area contributed by atoms with Crippen molar-refractivity contribution in [3.8, 4) is 11.6 Å². The van der Waals surface area contributed by atoms with Crippen LogP contribution in [0, 0.1) is 12.3 Å². The number of hydrogen-bond donors (Lipinski definition) is 3. The molecule has 1 aliphatic heterocycles. The maximum absolute atomic E-state index is 9.33. The van der Waals surface area contributed by atoms with Gasteiger partial charge in [0.1, 0.15) is 0 Å². The number of nitrogens with zero attached hydrogens (tertiary/aromatic N) is 4. The van der Waals surface area contributed by atoms with Gasteiger partial charge in [-0.1, -0.05) is 13.8 Å². The Balaban J connectivity index is 2.18. The monoisotopic (exact) mass is 326 g/mol. The van der Waals surface area contributed by atoms with Crippen molar-refractivity contribution in [2.24, 2.45) is 0 Å². The molecule has 0 spiro atoms. The van der Waals surface area contributed by atoms with E-state index in [0.717, 1.165) is 5.56 Å². The van der Waals surface area contributed by atoms with E-state index in [0.29, 0.717) is 17.3 Å². The van der Waals surface area contributed by atoms with E-state index < -0.39 is 5.41 Å². The van der Waals surface area contributed by atoms with E-state index in [4.69, 9.17) is 20.6 Å². The van der Waals surface area contributed by atoms with Gasteiger partial charge in [-0.2, -0.15) is 5.10 Å². The molecule has 0 saturated heterocycles. The second kappa shape index (κ2) is 5.31. The predicted molar refractivity (Wildman–Crippen MR) is 87.6 cm³/mol. The van der Waals surface area contributed by atoms with Gasteiger partial charge >= 0.3 is 0 Å². The molecule has 0 unspecified atom stereocenters. The van der Waals surface area contributed by atoms with Gasteiger partial charge in [0.15, 0.2) is 0 Å². The molecule has 0 amide bonds. The molecule has 124 valence electrons. The normalized spacial score (nSPS) is 15.5. The van der Waals surface area contributed by atoms with Crippen molar-refractivity contribution in [2.45, 2.75) is 26.2 Å². The van der Waals surface area contributed by atoms with Crippen LogP contribution in [0.15, 0.2) is 29.8 Å². The van der Waals surface area contributed by atoms with Gasteiger partial charge in [0, 0.05) is 16.6 Å². The summed E-state index contributed by atoms with van der Waals surface area (Å²) < 4.78 is 7.11. The number of benzene rings is 1. The molecule has 3 rings (SSSR count). The first-order chi connectivity index (χ1) is 11.3. The average molecular weight is 326 g/mol. The number of anilines is 1. The molecule has 24 heavy (non-hydrogen) atoms. The minimum absolute atomic E-state index is 0.0248. The van der Waals surface area contributed by atoms with Crippen LogP contribution in [0.1, 0.15) is 25.1 Å². The van der Waals surface area contributed by atoms with Crippen LogP contribution in [0.4, 0.5) is 5.69 Å². The Morgan fingerprint density at radius 3 is 2.46 bits per heavy atom. The highest BCUT2D eigenvalue weighted by Gasteiger charge is 2.41. The second-order valence-electron chi connectivity index (χ2n) is 6.03. The molecule has 0 bridgehead atoms. The fraction of sp³-hybridized carbons (Fsp3) is 0.250. The number of ether oxygens (including phenoxy) is 1. The van der Waals surface area contributed by atoms with Crippen LogP contribution in [0.2, 0.25) is 0 Å². The summed E-state index contributed by atoms with van der Waals surface area (Å²) in [5.41, 5.74) is 1.85. The Kier molecular flexibility index (Phi) is 3.53. The Labute approximate surface area is 138 Å². The third-order valence-electron chi connectivity index (χ3n) is 4.13. The molecule has 3 N–H and O–H groups in total. The van der Waals surface area contributed by atoms with Crippen molar-refractivity contribution in [1.29, 1.82) is 5.41 Å². The number of aromatic nitrogens is 2. The van der Waals surface area contributed by atoms with Crippen molar-refractivity contribution < 1.29 is 15.2 Å². The maximum atomic E-state index is 9.33. The van der Waals surface area contributed by atoms with Gasteiger partial charge in [0.25, 0.3) is 0 Å². The second-order valence-corrected chi connectivity index (χ2v) is 6.03. The van der Waals surface area contributed by atoms with Gasteiger partial charge in [-0.25, -0.2) is 4.68 Å². The minimum atomic E-state index is -0.686. The average Bonchev–Trinajstić information content (AvgIpc) is 2.84. The highest BCUT2D eigenvalue weighted by molar-refractivity contribution is 6.05. The van der Waals surface area contributed by atoms with Crippen molar-refractivity contribution >= 4 is 17.5 Å². The van der Waals surface area contributed by atoms with Crippen LogP contribution < -0.4 is 9.96 Å². The lowest BCUT2D eigenvalue weighted by molar-refractivity contribution is 0.0291. The smallest absolute Gasteiger partial charge is 0.229 e. The molecule has 1 aliphatic rings. The first-order valence-electron chi connectivity index (χ1n) is 7.20. The van der Waals surface area contributed by atoms with Crippen LogP contribution in [0.5, 0.6) is 5.88 Å². The van der Waals surface area contributed by atoms with Crippen LogP contribution in [-0.2, 0) is 5.41 Å². The Hall–Kier alpha value is -2.93. The summed E-state index contributed by atoms with van der Waals surface area (Å²) in [5.74, 6) is 2.25. The lowest BCUT2D eigenvalue weighted by atomic mass is 9.76. The van der Waals surface area contributed by atoms with E-state index >= 15 is 0 Å². The molecule has 2 aromatic rings. The highest BCUT2D eigenvalue weighted by atomic mass is 16.8. The van der Waals surface area contributed by atoms with Crippen LogP contribution in [0.3, 0.4) is 0 Å². The third kappa shape index (κ3) is 2.21. The molecule has 8 heteroatoms. The zero-order chi connectivity index (χ0) is 17.6. The summed E-state index contributed by atoms with van der Waals surface area (Å²) >= 11 is 0. The summed E-state index contributed by atoms with van der Waals surface area (Å²) in [7, 11) is 0. The molecule has 1 aromatic heterocycles. The molecule has 0 atom stereocenters. The van der Waals surface area contributed by atoms with Crippen molar-refractivity contribution in [3.05, 3.63) is 46.5 Å². The lowest BCUT2D eigenvalue weighted by Crippen LogP contribution is -2.34. The van der Waals surface area contributed by atoms with Gasteiger partial charge in [0.05, 0.1) is 17.1 Å². The fourth-order valence-corrected chi connectivity index (χ4v) is 2.97. The van der Waals surface area contributed by atoms with E-state index in [1.54, 1.807) is 12.1 Å². The molecule has 0 aliphatic carbocycles. The summed E-state index contributed by atoms with van der Waals surface area (Å²) in [6.07, 6.45) is 0. The molecule has 1 aromatic carbocycles. The summed E-state index contributed by atoms with van der Waals surface area (Å²) in [4.78, 5) is 0. The zero-order valence-electron chi connectivity index (χ0n) is 13.4. The first-order valence-corrected chi connectivity index (χ1v) is 7.20. The topological polar surface area (TPSA) is 117 Å². The van der Waals surface area contributed by atoms with Crippen molar-refractivity contribution in [3.63, 3.8) is 0 Å². The first kappa shape index (κ1) is 15.9. The van der Waals surface area contributed by atoms with E-state index in [9.17, 15) is 5.41 Å². The van der Waals surface area contributed by atoms with Crippen molar-refractivity contribution in [1.82, 2.24) is 9.78 Å². The molecule has 2 heterocycles. The standard InChI is InChI=1S/C16H16N5O3/c1-9-13-15(24-14(18)12(8-17)16(13,2)3)20(19-9)10-4-6-11(7-5-10)21(22)23/h4-7,18,22-23H,1-3H3/q-1. The van der Waals surface area contributed by atoms with Crippen LogP contribution in [0.25, 0.3) is 11.1 Å². The number of rotatable bonds is 2. The summed E-state index contributed by atoms with van der Waals surface area (Å²) in [5, 5.41) is 39.9. The van der Waals surface area contributed by atoms with Crippen LogP contribution >= 0.6 is 0 Å². The van der Waals surface area contributed by atoms with Gasteiger partial charge < -0.3 is 10.1 Å². The Morgan fingerprint density at radius 2 is 1.92 bits per heavy atom. The number of fused-ring (bicyclic) bond motifs is 1. The van der Waals surface area contributed by atoms with E-state index in [1.165, 1.54) is 16.8 Å². The molecule has 0 fully saturated rings. The van der Waals surface area contributed by atoms with Gasteiger partial charge in [-0.05, 0) is 31.2 Å². The SMILES string of the molecule is Cc1nn(-c2ccc(N(O)O)cc2)c2c1C(C)(C)C(=C=[N-])C(=N)O2. The third-order valence-corrected chi connectivity index (χ3v) is 4.13. The maximum Gasteiger partial charge on any atom is 0.229 e. The zero-order valence-corrected chi connectivity index (χ0v) is 13.4. The van der Waals surface area contributed by atoms with Crippen molar-refractivity contribution in [2.75, 3.05) is 5.23 Å². The molecular formula is C16H16N5O3-. The number of hydrogen-bond acceptors (Lipinski definition) is 6. The fourth-order valence-electron chi connectivity index (χ4n) is 2.97. The molecule has 0 saturated carbocycles. The van der Waals surface area contributed by atoms with E-state index in [-0.39, 0.29) is 22.4 Å². The quantitative estimate of drug-likeness (QED) is 0.579. The Bertz CT molecular complexity index is 874. The number of aryl methyl sites for hydroxylation is 1. The molecular weight excluding hydrogens is 310 g/mol. The summed E-state index contributed by atoms with van der Waals surface area (Å²) in [6.45, 7) is 5.54. The largest absolute Gasteiger partial charge is 0.763 e.